The standard InChI is InChI=1S/C26H23N5O2/c1-16-4-2-6-19(28-16)15-31-21-7-3-5-18(25(21)26(29-31)17-8-9-17)12-23(33)22-14-27-24-13-20(32)10-11-30(22)24/h2-7,10-11,13-14,17,27H,8-9,12,15H2,1H3. The topological polar surface area (TPSA) is 85.0 Å². The number of imidazole rings is 1. The Morgan fingerprint density at radius 2 is 2.00 bits per heavy atom. The highest BCUT2D eigenvalue weighted by Gasteiger charge is 2.30. The molecule has 6 rings (SSSR count). The quantitative estimate of drug-likeness (QED) is 0.407. The van der Waals surface area contributed by atoms with Crippen molar-refractivity contribution in [1.29, 1.82) is 0 Å². The molecule has 1 fully saturated rings. The summed E-state index contributed by atoms with van der Waals surface area (Å²) in [4.78, 5) is 32.6. The molecular weight excluding hydrogens is 414 g/mol. The maximum Gasteiger partial charge on any atom is 0.185 e. The van der Waals surface area contributed by atoms with Crippen LogP contribution in [0.25, 0.3) is 16.6 Å². The first kappa shape index (κ1) is 19.7. The fourth-order valence-electron chi connectivity index (χ4n) is 4.57. The minimum atomic E-state index is -0.0924. The molecular formula is C26H23N5O2. The first-order valence-corrected chi connectivity index (χ1v) is 11.2. The summed E-state index contributed by atoms with van der Waals surface area (Å²) in [6.45, 7) is 2.59. The normalized spacial score (nSPS) is 13.7. The molecule has 0 atom stereocenters. The van der Waals surface area contributed by atoms with E-state index in [0.717, 1.165) is 46.4 Å². The van der Waals surface area contributed by atoms with Gasteiger partial charge >= 0.3 is 0 Å². The first-order chi connectivity index (χ1) is 16.1. The van der Waals surface area contributed by atoms with Gasteiger partial charge < -0.3 is 4.98 Å². The predicted octanol–water partition coefficient (Wildman–Crippen LogP) is 4.03. The number of carbonyl (C=O) groups is 1. The second-order valence-electron chi connectivity index (χ2n) is 8.79. The van der Waals surface area contributed by atoms with Crippen molar-refractivity contribution in [3.05, 3.63) is 99.5 Å². The molecule has 0 radical (unpaired) electrons. The van der Waals surface area contributed by atoms with Gasteiger partial charge in [0.05, 0.1) is 23.4 Å². The smallest absolute Gasteiger partial charge is 0.185 e. The number of pyridine rings is 2. The minimum Gasteiger partial charge on any atom is -0.345 e. The van der Waals surface area contributed by atoms with E-state index >= 15 is 0 Å². The number of rotatable bonds is 6. The molecule has 7 nitrogen and oxygen atoms in total. The summed E-state index contributed by atoms with van der Waals surface area (Å²) in [6.07, 6.45) is 5.85. The summed E-state index contributed by atoms with van der Waals surface area (Å²) in [5.41, 5.74) is 6.11. The van der Waals surface area contributed by atoms with Crippen LogP contribution in [0.1, 0.15) is 51.9 Å². The van der Waals surface area contributed by atoms with Crippen LogP contribution in [-0.2, 0) is 13.0 Å². The largest absolute Gasteiger partial charge is 0.345 e. The number of nitrogens with one attached hydrogen (secondary N) is 1. The van der Waals surface area contributed by atoms with Crippen LogP contribution in [0.15, 0.2) is 65.7 Å². The summed E-state index contributed by atoms with van der Waals surface area (Å²) in [6, 6.07) is 15.1. The van der Waals surface area contributed by atoms with E-state index in [1.807, 2.05) is 41.9 Å². The summed E-state index contributed by atoms with van der Waals surface area (Å²) < 4.78 is 3.76. The molecule has 33 heavy (non-hydrogen) atoms. The Morgan fingerprint density at radius 3 is 2.82 bits per heavy atom. The van der Waals surface area contributed by atoms with Gasteiger partial charge in [-0.15, -0.1) is 0 Å². The summed E-state index contributed by atoms with van der Waals surface area (Å²) in [5, 5.41) is 6.08. The molecule has 164 valence electrons. The van der Waals surface area contributed by atoms with E-state index in [9.17, 15) is 9.59 Å². The zero-order chi connectivity index (χ0) is 22.5. The molecule has 4 heterocycles. The lowest BCUT2D eigenvalue weighted by Gasteiger charge is -2.07. The highest BCUT2D eigenvalue weighted by Crippen LogP contribution is 2.43. The third-order valence-electron chi connectivity index (χ3n) is 6.29. The second kappa shape index (κ2) is 7.55. The maximum absolute atomic E-state index is 13.3. The van der Waals surface area contributed by atoms with Gasteiger partial charge in [-0.2, -0.15) is 5.10 Å². The Kier molecular flexibility index (Phi) is 4.50. The molecule has 0 spiro atoms. The second-order valence-corrected chi connectivity index (χ2v) is 8.79. The Balaban J connectivity index is 1.40. The number of hydrogen-bond acceptors (Lipinski definition) is 4. The van der Waals surface area contributed by atoms with E-state index in [1.54, 1.807) is 16.8 Å². The third kappa shape index (κ3) is 3.55. The Hall–Kier alpha value is -4.00. The molecule has 5 aromatic rings. The van der Waals surface area contributed by atoms with Crippen LogP contribution in [0, 0.1) is 6.92 Å². The van der Waals surface area contributed by atoms with E-state index in [0.29, 0.717) is 23.8 Å². The third-order valence-corrected chi connectivity index (χ3v) is 6.29. The lowest BCUT2D eigenvalue weighted by atomic mass is 10.00. The zero-order valence-corrected chi connectivity index (χ0v) is 18.3. The molecule has 1 aliphatic rings. The van der Waals surface area contributed by atoms with Gasteiger partial charge in [-0.3, -0.25) is 23.7 Å². The van der Waals surface area contributed by atoms with Gasteiger partial charge in [0.15, 0.2) is 11.2 Å². The predicted molar refractivity (Wildman–Crippen MR) is 126 cm³/mol. The van der Waals surface area contributed by atoms with Crippen molar-refractivity contribution in [3.8, 4) is 0 Å². The van der Waals surface area contributed by atoms with Crippen molar-refractivity contribution in [2.75, 3.05) is 0 Å². The molecule has 1 aromatic carbocycles. The van der Waals surface area contributed by atoms with E-state index in [-0.39, 0.29) is 17.6 Å². The lowest BCUT2D eigenvalue weighted by Crippen LogP contribution is -2.09. The number of hydrogen-bond donors (Lipinski definition) is 1. The monoisotopic (exact) mass is 437 g/mol. The average Bonchev–Trinajstić information content (AvgIpc) is 3.45. The number of aryl methyl sites for hydroxylation is 1. The van der Waals surface area contributed by atoms with Gasteiger partial charge in [-0.05, 0) is 43.5 Å². The van der Waals surface area contributed by atoms with Gasteiger partial charge in [-0.25, -0.2) is 0 Å². The van der Waals surface area contributed by atoms with Crippen LogP contribution in [-0.4, -0.2) is 29.9 Å². The van der Waals surface area contributed by atoms with E-state index in [2.05, 4.69) is 16.0 Å². The molecule has 1 N–H and O–H groups in total. The van der Waals surface area contributed by atoms with E-state index in [1.165, 1.54) is 12.1 Å². The average molecular weight is 438 g/mol. The zero-order valence-electron chi connectivity index (χ0n) is 18.3. The van der Waals surface area contributed by atoms with Crippen LogP contribution in [0.3, 0.4) is 0 Å². The number of carbonyl (C=O) groups excluding carboxylic acids is 1. The van der Waals surface area contributed by atoms with Gasteiger partial charge in [0.2, 0.25) is 0 Å². The number of benzene rings is 1. The molecule has 0 bridgehead atoms. The molecule has 0 amide bonds. The molecule has 4 aromatic heterocycles. The van der Waals surface area contributed by atoms with Gasteiger partial charge in [0.1, 0.15) is 11.3 Å². The number of fused-ring (bicyclic) bond motifs is 2. The van der Waals surface area contributed by atoms with Crippen molar-refractivity contribution in [3.63, 3.8) is 0 Å². The minimum absolute atomic E-state index is 0.00718. The molecule has 0 saturated heterocycles. The van der Waals surface area contributed by atoms with Crippen LogP contribution < -0.4 is 5.43 Å². The van der Waals surface area contributed by atoms with Crippen LogP contribution in [0.2, 0.25) is 0 Å². The van der Waals surface area contributed by atoms with Crippen molar-refractivity contribution in [1.82, 2.24) is 24.1 Å². The Morgan fingerprint density at radius 1 is 1.15 bits per heavy atom. The molecule has 1 saturated carbocycles. The molecule has 0 unspecified atom stereocenters. The fraction of sp³-hybridized carbons (Fsp3) is 0.231. The molecule has 0 aliphatic heterocycles. The summed E-state index contributed by atoms with van der Waals surface area (Å²) in [5.74, 6) is 0.445. The number of aromatic nitrogens is 5. The summed E-state index contributed by atoms with van der Waals surface area (Å²) in [7, 11) is 0. The number of H-pyrrole nitrogens is 1. The Bertz CT molecular complexity index is 1590. The SMILES string of the molecule is Cc1cccc(Cn2nc(C3CC3)c3c(CC(=O)c4c[nH]c5cc(=O)ccn45)cccc32)n1. The van der Waals surface area contributed by atoms with Crippen LogP contribution in [0.4, 0.5) is 0 Å². The van der Waals surface area contributed by atoms with Crippen molar-refractivity contribution in [2.45, 2.75) is 38.6 Å². The van der Waals surface area contributed by atoms with Gasteiger partial charge in [0.25, 0.3) is 0 Å². The van der Waals surface area contributed by atoms with E-state index < -0.39 is 0 Å². The first-order valence-electron chi connectivity index (χ1n) is 11.2. The number of nitrogens with zero attached hydrogens (tertiary/aromatic N) is 4. The summed E-state index contributed by atoms with van der Waals surface area (Å²) >= 11 is 0. The molecule has 7 heteroatoms. The number of Topliss-reactive ketones (excluding diaryl/α,β-unsaturated/α-hetero) is 1. The maximum atomic E-state index is 13.3. The van der Waals surface area contributed by atoms with Crippen molar-refractivity contribution >= 4 is 22.3 Å². The number of ketones is 1. The number of aromatic amines is 1. The highest BCUT2D eigenvalue weighted by atomic mass is 16.1. The lowest BCUT2D eigenvalue weighted by molar-refractivity contribution is 0.0987. The van der Waals surface area contributed by atoms with Gasteiger partial charge in [0, 0.05) is 47.9 Å². The van der Waals surface area contributed by atoms with Gasteiger partial charge in [-0.1, -0.05) is 18.2 Å². The highest BCUT2D eigenvalue weighted by molar-refractivity contribution is 5.99. The Labute approximate surface area is 189 Å². The van der Waals surface area contributed by atoms with E-state index in [4.69, 9.17) is 5.10 Å². The molecule has 1 aliphatic carbocycles. The fourth-order valence-corrected chi connectivity index (χ4v) is 4.57. The van der Waals surface area contributed by atoms with Crippen LogP contribution >= 0.6 is 0 Å². The van der Waals surface area contributed by atoms with Crippen molar-refractivity contribution in [2.24, 2.45) is 0 Å². The van der Waals surface area contributed by atoms with Crippen molar-refractivity contribution < 1.29 is 4.79 Å². The van der Waals surface area contributed by atoms with Crippen LogP contribution in [0.5, 0.6) is 0 Å².